The Kier molecular flexibility index (Phi) is 9.06. The average molecular weight is 237 g/mol. The molecule has 3 atom stereocenters. The molecule has 0 aliphatic heterocycles. The third-order valence-corrected chi connectivity index (χ3v) is 2.63. The van der Waals surface area contributed by atoms with Crippen molar-refractivity contribution in [2.75, 3.05) is 26.2 Å². The molecule has 0 aliphatic carbocycles. The fraction of sp³-hybridized carbons (Fsp3) is 1.00. The van der Waals surface area contributed by atoms with Gasteiger partial charge in [0.1, 0.15) is 37.9 Å². The van der Waals surface area contributed by atoms with Gasteiger partial charge in [0.2, 0.25) is 0 Å². The summed E-state index contributed by atoms with van der Waals surface area (Å²) < 4.78 is 0.562. The molecule has 5 heteroatoms. The van der Waals surface area contributed by atoms with E-state index >= 15 is 0 Å². The van der Waals surface area contributed by atoms with E-state index in [4.69, 9.17) is 0 Å². The first-order valence-electron chi connectivity index (χ1n) is 5.70. The zero-order valence-corrected chi connectivity index (χ0v) is 10.8. The zero-order valence-electron chi connectivity index (χ0n) is 10.8. The molecule has 0 fully saturated rings. The Morgan fingerprint density at radius 3 is 1.19 bits per heavy atom. The predicted molar refractivity (Wildman–Crippen MR) is 62.4 cm³/mol. The highest BCUT2D eigenvalue weighted by Gasteiger charge is 2.30. The van der Waals surface area contributed by atoms with Gasteiger partial charge >= 0.3 is 0 Å². The van der Waals surface area contributed by atoms with Crippen molar-refractivity contribution in [2.24, 2.45) is 0 Å². The largest absolute Gasteiger partial charge is 0.870 e. The van der Waals surface area contributed by atoms with Crippen LogP contribution in [0.2, 0.25) is 0 Å². The van der Waals surface area contributed by atoms with Gasteiger partial charge in [0.05, 0.1) is 6.54 Å². The lowest BCUT2D eigenvalue weighted by Crippen LogP contribution is -2.57. The van der Waals surface area contributed by atoms with Crippen LogP contribution in [-0.4, -0.2) is 69.8 Å². The molecule has 0 spiro atoms. The summed E-state index contributed by atoms with van der Waals surface area (Å²) in [5.74, 6) is 0. The standard InChI is InChI=1S/C11H26NO3.H2O/c1-5-12(6-9(2)13,7-10(3)14)8-11(4)15;/h9-11,13-15H,5-8H2,1-4H3;1H2/q+1;/p-1. The van der Waals surface area contributed by atoms with Gasteiger partial charge < -0.3 is 25.3 Å². The van der Waals surface area contributed by atoms with Crippen LogP contribution >= 0.6 is 0 Å². The molecule has 0 amide bonds. The van der Waals surface area contributed by atoms with E-state index in [-0.39, 0.29) is 5.48 Å². The highest BCUT2D eigenvalue weighted by atomic mass is 16.3. The van der Waals surface area contributed by atoms with Crippen LogP contribution in [0.25, 0.3) is 0 Å². The van der Waals surface area contributed by atoms with Crippen LogP contribution in [0.3, 0.4) is 0 Å². The molecule has 0 aromatic heterocycles. The molecule has 0 saturated carbocycles. The van der Waals surface area contributed by atoms with Crippen molar-refractivity contribution in [3.8, 4) is 0 Å². The van der Waals surface area contributed by atoms with Crippen LogP contribution in [0.1, 0.15) is 27.7 Å². The van der Waals surface area contributed by atoms with Crippen LogP contribution in [0.4, 0.5) is 0 Å². The summed E-state index contributed by atoms with van der Waals surface area (Å²) in [7, 11) is 0. The second kappa shape index (κ2) is 7.97. The van der Waals surface area contributed by atoms with E-state index in [0.29, 0.717) is 24.1 Å². The lowest BCUT2D eigenvalue weighted by Gasteiger charge is -2.40. The molecule has 16 heavy (non-hydrogen) atoms. The molecule has 100 valence electrons. The van der Waals surface area contributed by atoms with Crippen LogP contribution in [0, 0.1) is 0 Å². The molecule has 0 bridgehead atoms. The van der Waals surface area contributed by atoms with Gasteiger partial charge in [0, 0.05) is 0 Å². The van der Waals surface area contributed by atoms with E-state index in [9.17, 15) is 15.3 Å². The van der Waals surface area contributed by atoms with E-state index in [1.807, 2.05) is 6.92 Å². The average Bonchev–Trinajstić information content (AvgIpc) is 1.99. The quantitative estimate of drug-likeness (QED) is 0.534. The molecule has 0 saturated heterocycles. The van der Waals surface area contributed by atoms with Gasteiger partial charge in [-0.2, -0.15) is 0 Å². The molecule has 0 aliphatic rings. The van der Waals surface area contributed by atoms with Crippen LogP contribution in [-0.2, 0) is 0 Å². The predicted octanol–water partition coefficient (Wildman–Crippen LogP) is -0.211. The lowest BCUT2D eigenvalue weighted by molar-refractivity contribution is -0.934. The summed E-state index contributed by atoms with van der Waals surface area (Å²) in [5.41, 5.74) is 0. The van der Waals surface area contributed by atoms with Crippen molar-refractivity contribution in [1.82, 2.24) is 0 Å². The minimum Gasteiger partial charge on any atom is -0.870 e. The summed E-state index contributed by atoms with van der Waals surface area (Å²) in [6, 6.07) is 0. The molecule has 0 aromatic carbocycles. The normalized spacial score (nSPS) is 20.4. The first-order chi connectivity index (χ1) is 6.81. The summed E-state index contributed by atoms with van der Waals surface area (Å²) in [4.78, 5) is 0. The molecule has 3 unspecified atom stereocenters. The summed E-state index contributed by atoms with van der Waals surface area (Å²) in [6.45, 7) is 9.78. The second-order valence-corrected chi connectivity index (χ2v) is 4.75. The van der Waals surface area contributed by atoms with E-state index in [1.165, 1.54) is 0 Å². The number of likely N-dealkylation sites (N-methyl/N-ethyl adjacent to an activating group) is 1. The zero-order chi connectivity index (χ0) is 12.1. The number of rotatable bonds is 7. The molecular formula is C11H27NO4. The highest BCUT2D eigenvalue weighted by Crippen LogP contribution is 2.11. The minimum absolute atomic E-state index is 0. The molecule has 5 nitrogen and oxygen atoms in total. The van der Waals surface area contributed by atoms with Crippen molar-refractivity contribution >= 4 is 0 Å². The van der Waals surface area contributed by atoms with E-state index < -0.39 is 18.3 Å². The number of aliphatic hydroxyl groups excluding tert-OH is 3. The number of hydrogen-bond donors (Lipinski definition) is 3. The fourth-order valence-electron chi connectivity index (χ4n) is 2.29. The first kappa shape index (κ1) is 18.2. The number of quaternary nitrogens is 1. The summed E-state index contributed by atoms with van der Waals surface area (Å²) in [6.07, 6.45) is -1.24. The van der Waals surface area contributed by atoms with Crippen LogP contribution < -0.4 is 0 Å². The highest BCUT2D eigenvalue weighted by molar-refractivity contribution is 4.56. The van der Waals surface area contributed by atoms with Crippen molar-refractivity contribution in [3.05, 3.63) is 0 Å². The Hall–Kier alpha value is -0.200. The van der Waals surface area contributed by atoms with Crippen molar-refractivity contribution in [3.63, 3.8) is 0 Å². The number of aliphatic hydroxyl groups is 3. The van der Waals surface area contributed by atoms with Crippen LogP contribution in [0.5, 0.6) is 0 Å². The maximum absolute atomic E-state index is 9.47. The topological polar surface area (TPSA) is 90.7 Å². The van der Waals surface area contributed by atoms with Gasteiger partial charge in [-0.1, -0.05) is 0 Å². The lowest BCUT2D eigenvalue weighted by atomic mass is 10.2. The molecule has 0 rings (SSSR count). The maximum Gasteiger partial charge on any atom is 0.105 e. The first-order valence-corrected chi connectivity index (χ1v) is 5.70. The number of hydrogen-bond acceptors (Lipinski definition) is 4. The molecule has 4 N–H and O–H groups in total. The fourth-order valence-corrected chi connectivity index (χ4v) is 2.29. The third kappa shape index (κ3) is 7.14. The summed E-state index contributed by atoms with van der Waals surface area (Å²) in [5, 5.41) is 28.4. The molecule has 0 aromatic rings. The maximum atomic E-state index is 9.47. The molecule has 0 radical (unpaired) electrons. The van der Waals surface area contributed by atoms with Crippen molar-refractivity contribution < 1.29 is 25.3 Å². The van der Waals surface area contributed by atoms with Gasteiger partial charge in [0.25, 0.3) is 0 Å². The van der Waals surface area contributed by atoms with Gasteiger partial charge in [-0.15, -0.1) is 0 Å². The van der Waals surface area contributed by atoms with Crippen molar-refractivity contribution in [1.29, 1.82) is 0 Å². The van der Waals surface area contributed by atoms with Gasteiger partial charge in [-0.05, 0) is 27.7 Å². The Bertz CT molecular complexity index is 145. The van der Waals surface area contributed by atoms with E-state index in [1.54, 1.807) is 20.8 Å². The van der Waals surface area contributed by atoms with Gasteiger partial charge in [-0.25, -0.2) is 0 Å². The van der Waals surface area contributed by atoms with Crippen LogP contribution in [0.15, 0.2) is 0 Å². The monoisotopic (exact) mass is 237 g/mol. The minimum atomic E-state index is -0.414. The SMILES string of the molecule is CC[N+](CC(C)O)(CC(C)O)CC(C)O.[OH-]. The van der Waals surface area contributed by atoms with E-state index in [2.05, 4.69) is 0 Å². The summed E-state index contributed by atoms with van der Waals surface area (Å²) >= 11 is 0. The number of nitrogens with zero attached hydrogens (tertiary/aromatic N) is 1. The Morgan fingerprint density at radius 2 is 1.06 bits per heavy atom. The van der Waals surface area contributed by atoms with E-state index in [0.717, 1.165) is 6.54 Å². The molecular weight excluding hydrogens is 210 g/mol. The van der Waals surface area contributed by atoms with Crippen molar-refractivity contribution in [2.45, 2.75) is 46.0 Å². The molecule has 0 heterocycles. The van der Waals surface area contributed by atoms with Gasteiger partial charge in [0.15, 0.2) is 0 Å². The second-order valence-electron chi connectivity index (χ2n) is 4.75. The third-order valence-electron chi connectivity index (χ3n) is 2.63. The Balaban J connectivity index is 0. The smallest absolute Gasteiger partial charge is 0.105 e. The Morgan fingerprint density at radius 1 is 0.812 bits per heavy atom. The van der Waals surface area contributed by atoms with Gasteiger partial charge in [-0.3, -0.25) is 0 Å². The Labute approximate surface area is 98.2 Å².